The average molecular weight is 350 g/mol. The molecule has 0 bridgehead atoms. The summed E-state index contributed by atoms with van der Waals surface area (Å²) in [5.74, 6) is -0.00445. The molecule has 1 N–H and O–H groups in total. The van der Waals surface area contributed by atoms with Crippen molar-refractivity contribution in [3.8, 4) is 16.3 Å². The number of aromatic hydroxyl groups is 1. The fraction of sp³-hybridized carbons (Fsp3) is 0.133. The van der Waals surface area contributed by atoms with Gasteiger partial charge in [0.25, 0.3) is 5.56 Å². The number of phenolic OH excluding ortho intramolecular Hbond substituents is 1. The SMILES string of the molecule is Cn1c(=O)ccn(Cc2cnc(-c3ccc(Cl)c(O)c3)s2)c1=O. The Labute approximate surface area is 139 Å². The molecular weight excluding hydrogens is 338 g/mol. The Morgan fingerprint density at radius 3 is 2.83 bits per heavy atom. The smallest absolute Gasteiger partial charge is 0.331 e. The molecule has 0 amide bonds. The lowest BCUT2D eigenvalue weighted by atomic mass is 10.2. The zero-order chi connectivity index (χ0) is 16.6. The first-order valence-corrected chi connectivity index (χ1v) is 7.85. The first-order valence-electron chi connectivity index (χ1n) is 6.66. The Bertz CT molecular complexity index is 990. The van der Waals surface area contributed by atoms with Crippen LogP contribution in [-0.4, -0.2) is 19.2 Å². The van der Waals surface area contributed by atoms with Gasteiger partial charge in [-0.15, -0.1) is 11.3 Å². The number of thiazole rings is 1. The summed E-state index contributed by atoms with van der Waals surface area (Å²) in [6, 6.07) is 6.26. The summed E-state index contributed by atoms with van der Waals surface area (Å²) in [4.78, 5) is 28.6. The largest absolute Gasteiger partial charge is 0.506 e. The lowest BCUT2D eigenvalue weighted by Crippen LogP contribution is -2.36. The summed E-state index contributed by atoms with van der Waals surface area (Å²) in [6.07, 6.45) is 3.14. The van der Waals surface area contributed by atoms with Crippen LogP contribution >= 0.6 is 22.9 Å². The number of benzene rings is 1. The number of rotatable bonds is 3. The number of phenols is 1. The number of aromatic nitrogens is 3. The van der Waals surface area contributed by atoms with Gasteiger partial charge >= 0.3 is 5.69 Å². The van der Waals surface area contributed by atoms with Gasteiger partial charge in [0.15, 0.2) is 0 Å². The third-order valence-corrected chi connectivity index (χ3v) is 4.68. The molecule has 2 aromatic heterocycles. The average Bonchev–Trinajstić information content (AvgIpc) is 2.99. The second-order valence-corrected chi connectivity index (χ2v) is 6.44. The minimum absolute atomic E-state index is 0.00445. The van der Waals surface area contributed by atoms with Crippen LogP contribution in [0.1, 0.15) is 4.88 Å². The molecule has 0 aliphatic rings. The van der Waals surface area contributed by atoms with Crippen LogP contribution in [0, 0.1) is 0 Å². The van der Waals surface area contributed by atoms with Crippen molar-refractivity contribution in [3.05, 3.63) is 67.4 Å². The standard InChI is InChI=1S/C15H12ClN3O3S/c1-18-13(21)4-5-19(15(18)22)8-10-7-17-14(23-10)9-2-3-11(16)12(20)6-9/h2-7,20H,8H2,1H3. The van der Waals surface area contributed by atoms with Crippen molar-refractivity contribution in [1.82, 2.24) is 14.1 Å². The highest BCUT2D eigenvalue weighted by atomic mass is 35.5. The van der Waals surface area contributed by atoms with Crippen molar-refractivity contribution in [2.75, 3.05) is 0 Å². The Hall–Kier alpha value is -2.38. The molecule has 3 rings (SSSR count). The quantitative estimate of drug-likeness (QED) is 0.785. The van der Waals surface area contributed by atoms with Gasteiger partial charge in [0.2, 0.25) is 0 Å². The Morgan fingerprint density at radius 1 is 1.30 bits per heavy atom. The molecule has 8 heteroatoms. The monoisotopic (exact) mass is 349 g/mol. The van der Waals surface area contributed by atoms with E-state index in [0.717, 1.165) is 15.0 Å². The summed E-state index contributed by atoms with van der Waals surface area (Å²) in [7, 11) is 1.44. The van der Waals surface area contributed by atoms with Crippen molar-refractivity contribution in [2.45, 2.75) is 6.54 Å². The van der Waals surface area contributed by atoms with E-state index >= 15 is 0 Å². The van der Waals surface area contributed by atoms with Gasteiger partial charge in [0, 0.05) is 35.9 Å². The van der Waals surface area contributed by atoms with Crippen LogP contribution in [0.15, 0.2) is 46.2 Å². The Kier molecular flexibility index (Phi) is 4.06. The van der Waals surface area contributed by atoms with Gasteiger partial charge in [-0.2, -0.15) is 0 Å². The minimum Gasteiger partial charge on any atom is -0.506 e. The highest BCUT2D eigenvalue weighted by Gasteiger charge is 2.09. The van der Waals surface area contributed by atoms with Crippen molar-refractivity contribution in [3.63, 3.8) is 0 Å². The maximum Gasteiger partial charge on any atom is 0.331 e. The Morgan fingerprint density at radius 2 is 2.09 bits per heavy atom. The molecule has 0 aliphatic carbocycles. The number of halogens is 1. The Balaban J connectivity index is 1.91. The molecule has 0 atom stereocenters. The van der Waals surface area contributed by atoms with E-state index in [9.17, 15) is 14.7 Å². The molecule has 2 heterocycles. The predicted octanol–water partition coefficient (Wildman–Crippen LogP) is 2.08. The molecular formula is C15H12ClN3O3S. The van der Waals surface area contributed by atoms with Crippen LogP contribution in [0.5, 0.6) is 5.75 Å². The van der Waals surface area contributed by atoms with Crippen LogP contribution in [0.25, 0.3) is 10.6 Å². The van der Waals surface area contributed by atoms with Crippen LogP contribution in [0.3, 0.4) is 0 Å². The predicted molar refractivity (Wildman–Crippen MR) is 89.3 cm³/mol. The second-order valence-electron chi connectivity index (χ2n) is 4.92. The van der Waals surface area contributed by atoms with E-state index in [0.29, 0.717) is 11.6 Å². The van der Waals surface area contributed by atoms with E-state index in [1.165, 1.54) is 35.2 Å². The normalized spacial score (nSPS) is 10.9. The fourth-order valence-corrected chi connectivity index (χ4v) is 3.09. The van der Waals surface area contributed by atoms with E-state index in [-0.39, 0.29) is 22.0 Å². The highest BCUT2D eigenvalue weighted by Crippen LogP contribution is 2.31. The third-order valence-electron chi connectivity index (χ3n) is 3.33. The van der Waals surface area contributed by atoms with Crippen molar-refractivity contribution < 1.29 is 5.11 Å². The van der Waals surface area contributed by atoms with E-state index in [4.69, 9.17) is 11.6 Å². The van der Waals surface area contributed by atoms with Crippen molar-refractivity contribution >= 4 is 22.9 Å². The van der Waals surface area contributed by atoms with Gasteiger partial charge in [-0.1, -0.05) is 17.7 Å². The molecule has 0 fully saturated rings. The third kappa shape index (κ3) is 3.06. The minimum atomic E-state index is -0.378. The number of nitrogens with zero attached hydrogens (tertiary/aromatic N) is 3. The zero-order valence-electron chi connectivity index (χ0n) is 12.1. The maximum atomic E-state index is 12.0. The maximum absolute atomic E-state index is 12.0. The lowest BCUT2D eigenvalue weighted by molar-refractivity contribution is 0.476. The molecule has 0 saturated heterocycles. The summed E-state index contributed by atoms with van der Waals surface area (Å²) < 4.78 is 2.50. The lowest BCUT2D eigenvalue weighted by Gasteiger charge is -2.04. The van der Waals surface area contributed by atoms with Gasteiger partial charge in [-0.05, 0) is 12.1 Å². The molecule has 0 saturated carbocycles. The van der Waals surface area contributed by atoms with E-state index in [1.54, 1.807) is 24.4 Å². The van der Waals surface area contributed by atoms with E-state index in [1.807, 2.05) is 0 Å². The summed E-state index contributed by atoms with van der Waals surface area (Å²) in [6.45, 7) is 0.324. The number of hydrogen-bond donors (Lipinski definition) is 1. The molecule has 0 aliphatic heterocycles. The molecule has 0 unspecified atom stereocenters. The summed E-state index contributed by atoms with van der Waals surface area (Å²) in [5.41, 5.74) is 0.0282. The van der Waals surface area contributed by atoms with Crippen LogP contribution in [0.2, 0.25) is 5.02 Å². The van der Waals surface area contributed by atoms with Gasteiger partial charge in [-0.3, -0.25) is 13.9 Å². The molecule has 6 nitrogen and oxygen atoms in total. The summed E-state index contributed by atoms with van der Waals surface area (Å²) in [5, 5.41) is 10.7. The number of hydrogen-bond acceptors (Lipinski definition) is 5. The molecule has 3 aromatic rings. The van der Waals surface area contributed by atoms with Crippen molar-refractivity contribution in [2.24, 2.45) is 7.05 Å². The second kappa shape index (κ2) is 6.02. The van der Waals surface area contributed by atoms with Gasteiger partial charge < -0.3 is 5.11 Å². The van der Waals surface area contributed by atoms with Gasteiger partial charge in [0.05, 0.1) is 11.6 Å². The molecule has 23 heavy (non-hydrogen) atoms. The van der Waals surface area contributed by atoms with Crippen LogP contribution < -0.4 is 11.2 Å². The molecule has 0 radical (unpaired) electrons. The molecule has 118 valence electrons. The van der Waals surface area contributed by atoms with Crippen LogP contribution in [0.4, 0.5) is 0 Å². The van der Waals surface area contributed by atoms with Crippen molar-refractivity contribution in [1.29, 1.82) is 0 Å². The van der Waals surface area contributed by atoms with Gasteiger partial charge in [0.1, 0.15) is 10.8 Å². The topological polar surface area (TPSA) is 77.1 Å². The first-order chi connectivity index (χ1) is 11.0. The van der Waals surface area contributed by atoms with E-state index in [2.05, 4.69) is 4.98 Å². The van der Waals surface area contributed by atoms with Gasteiger partial charge in [-0.25, -0.2) is 9.78 Å². The molecule has 0 spiro atoms. The first kappa shape index (κ1) is 15.5. The molecule has 1 aromatic carbocycles. The highest BCUT2D eigenvalue weighted by molar-refractivity contribution is 7.15. The zero-order valence-corrected chi connectivity index (χ0v) is 13.6. The fourth-order valence-electron chi connectivity index (χ4n) is 2.06. The summed E-state index contributed by atoms with van der Waals surface area (Å²) >= 11 is 7.19. The van der Waals surface area contributed by atoms with E-state index < -0.39 is 0 Å². The van der Waals surface area contributed by atoms with Crippen LogP contribution in [-0.2, 0) is 13.6 Å².